The first-order chi connectivity index (χ1) is 9.76. The van der Waals surface area contributed by atoms with E-state index >= 15 is 0 Å². The number of nitrogens with two attached hydrogens (primary N) is 1. The Bertz CT molecular complexity index is 539. The maximum absolute atomic E-state index is 9.47. The van der Waals surface area contributed by atoms with E-state index in [0.717, 1.165) is 29.6 Å². The van der Waals surface area contributed by atoms with Crippen LogP contribution in [0.2, 0.25) is 0 Å². The summed E-state index contributed by atoms with van der Waals surface area (Å²) in [6.07, 6.45) is 8.14. The Morgan fingerprint density at radius 2 is 2.15 bits per heavy atom. The molecule has 6 nitrogen and oxygen atoms in total. The molecule has 4 N–H and O–H groups in total. The lowest BCUT2D eigenvalue weighted by Gasteiger charge is -2.18. The fourth-order valence-corrected chi connectivity index (χ4v) is 2.34. The molecule has 0 radical (unpaired) electrons. The van der Waals surface area contributed by atoms with Crippen LogP contribution in [0.4, 0.5) is 5.82 Å². The first-order valence-corrected chi connectivity index (χ1v) is 7.16. The molecule has 2 heterocycles. The van der Waals surface area contributed by atoms with Crippen molar-refractivity contribution in [1.82, 2.24) is 19.9 Å². The number of aromatic nitrogens is 3. The quantitative estimate of drug-likeness (QED) is 0.506. The summed E-state index contributed by atoms with van der Waals surface area (Å²) in [5.41, 5.74) is 8.45. The Morgan fingerprint density at radius 1 is 1.30 bits per heavy atom. The number of aliphatic hydroxyl groups excluding tert-OH is 1. The predicted molar refractivity (Wildman–Crippen MR) is 79.9 cm³/mol. The van der Waals surface area contributed by atoms with Crippen LogP contribution >= 0.6 is 0 Å². The number of hydrogen-bond donors (Lipinski definition) is 3. The summed E-state index contributed by atoms with van der Waals surface area (Å²) in [6, 6.07) is 0. The monoisotopic (exact) mass is 277 g/mol. The first-order valence-electron chi connectivity index (χ1n) is 7.16. The summed E-state index contributed by atoms with van der Waals surface area (Å²) >= 11 is 0. The lowest BCUT2D eigenvalue weighted by molar-refractivity contribution is 0.0990. The zero-order valence-corrected chi connectivity index (χ0v) is 12.0. The fraction of sp³-hybridized carbons (Fsp3) is 0.571. The average Bonchev–Trinajstić information content (AvgIpc) is 2.87. The highest BCUT2D eigenvalue weighted by Gasteiger charge is 2.11. The molecule has 0 aromatic carbocycles. The van der Waals surface area contributed by atoms with Gasteiger partial charge in [0.15, 0.2) is 5.82 Å². The smallest absolute Gasteiger partial charge is 0.151 e. The van der Waals surface area contributed by atoms with Gasteiger partial charge in [0.25, 0.3) is 0 Å². The van der Waals surface area contributed by atoms with Crippen molar-refractivity contribution >= 4 is 16.9 Å². The molecule has 0 aliphatic heterocycles. The summed E-state index contributed by atoms with van der Waals surface area (Å²) in [4.78, 5) is 13.3. The van der Waals surface area contributed by atoms with Crippen molar-refractivity contribution in [3.63, 3.8) is 0 Å². The fourth-order valence-electron chi connectivity index (χ4n) is 2.34. The average molecular weight is 277 g/mol. The van der Waals surface area contributed by atoms with E-state index in [9.17, 15) is 5.11 Å². The molecule has 0 unspecified atom stereocenters. The third-order valence-corrected chi connectivity index (χ3v) is 3.49. The maximum atomic E-state index is 9.47. The highest BCUT2D eigenvalue weighted by molar-refractivity contribution is 5.86. The van der Waals surface area contributed by atoms with Gasteiger partial charge in [0.05, 0.1) is 12.2 Å². The summed E-state index contributed by atoms with van der Waals surface area (Å²) in [6.45, 7) is 3.81. The van der Waals surface area contributed by atoms with Crippen LogP contribution in [0.3, 0.4) is 0 Å². The SMILES string of the molecule is CCCCCCN(CO)Cc1c[nH]c2c(N)ncnc12. The minimum atomic E-state index is 0.0549. The van der Waals surface area contributed by atoms with E-state index in [1.165, 1.54) is 25.6 Å². The molecular formula is C14H23N5O. The van der Waals surface area contributed by atoms with Crippen LogP contribution in [0.25, 0.3) is 11.0 Å². The van der Waals surface area contributed by atoms with Crippen molar-refractivity contribution in [2.75, 3.05) is 19.0 Å². The Kier molecular flexibility index (Phi) is 5.31. The number of unbranched alkanes of at least 4 members (excludes halogenated alkanes) is 3. The predicted octanol–water partition coefficient (Wildman–Crippen LogP) is 1.87. The van der Waals surface area contributed by atoms with E-state index in [4.69, 9.17) is 5.73 Å². The number of H-pyrrole nitrogens is 1. The minimum absolute atomic E-state index is 0.0549. The lowest BCUT2D eigenvalue weighted by Crippen LogP contribution is -2.25. The lowest BCUT2D eigenvalue weighted by atomic mass is 10.2. The van der Waals surface area contributed by atoms with Gasteiger partial charge in [-0.1, -0.05) is 26.2 Å². The van der Waals surface area contributed by atoms with Gasteiger partial charge < -0.3 is 15.8 Å². The summed E-state index contributed by atoms with van der Waals surface area (Å²) in [5, 5.41) is 9.47. The maximum Gasteiger partial charge on any atom is 0.151 e. The van der Waals surface area contributed by atoms with Gasteiger partial charge in [-0.05, 0) is 6.42 Å². The number of aromatic amines is 1. The molecule has 0 aliphatic rings. The van der Waals surface area contributed by atoms with Crippen molar-refractivity contribution in [2.24, 2.45) is 0 Å². The van der Waals surface area contributed by atoms with Crippen LogP contribution in [0.15, 0.2) is 12.5 Å². The molecule has 0 saturated carbocycles. The molecule has 0 amide bonds. The third-order valence-electron chi connectivity index (χ3n) is 3.49. The van der Waals surface area contributed by atoms with E-state index in [1.807, 2.05) is 11.1 Å². The van der Waals surface area contributed by atoms with Gasteiger partial charge in [-0.3, -0.25) is 4.90 Å². The molecule has 2 aromatic heterocycles. The molecule has 0 fully saturated rings. The number of rotatable bonds is 8. The minimum Gasteiger partial charge on any atom is -0.382 e. The Labute approximate surface area is 119 Å². The second-order valence-electron chi connectivity index (χ2n) is 5.05. The number of nitrogens with one attached hydrogen (secondary N) is 1. The van der Waals surface area contributed by atoms with E-state index in [-0.39, 0.29) is 6.73 Å². The molecule has 0 bridgehead atoms. The van der Waals surface area contributed by atoms with Gasteiger partial charge in [0.2, 0.25) is 0 Å². The molecule has 0 spiro atoms. The zero-order chi connectivity index (χ0) is 14.4. The van der Waals surface area contributed by atoms with E-state index < -0.39 is 0 Å². The molecule has 20 heavy (non-hydrogen) atoms. The van der Waals surface area contributed by atoms with Crippen LogP contribution in [-0.2, 0) is 6.54 Å². The van der Waals surface area contributed by atoms with Crippen LogP contribution in [-0.4, -0.2) is 38.2 Å². The highest BCUT2D eigenvalue weighted by Crippen LogP contribution is 2.20. The second-order valence-corrected chi connectivity index (χ2v) is 5.05. The molecule has 0 aliphatic carbocycles. The summed E-state index contributed by atoms with van der Waals surface area (Å²) < 4.78 is 0. The van der Waals surface area contributed by atoms with Gasteiger partial charge in [-0.25, -0.2) is 9.97 Å². The first kappa shape index (κ1) is 14.7. The highest BCUT2D eigenvalue weighted by atomic mass is 16.3. The number of hydrogen-bond acceptors (Lipinski definition) is 5. The van der Waals surface area contributed by atoms with Gasteiger partial charge >= 0.3 is 0 Å². The van der Waals surface area contributed by atoms with Crippen molar-refractivity contribution in [1.29, 1.82) is 0 Å². The largest absolute Gasteiger partial charge is 0.382 e. The molecule has 2 rings (SSSR count). The van der Waals surface area contributed by atoms with Gasteiger partial charge in [0, 0.05) is 24.8 Å². The van der Waals surface area contributed by atoms with Crippen molar-refractivity contribution in [3.8, 4) is 0 Å². The summed E-state index contributed by atoms with van der Waals surface area (Å²) in [5.74, 6) is 0.458. The summed E-state index contributed by atoms with van der Waals surface area (Å²) in [7, 11) is 0. The number of nitrogens with zero attached hydrogens (tertiary/aromatic N) is 3. The zero-order valence-electron chi connectivity index (χ0n) is 12.0. The molecule has 0 saturated heterocycles. The van der Waals surface area contributed by atoms with Crippen LogP contribution in [0.5, 0.6) is 0 Å². The number of aliphatic hydroxyl groups is 1. The number of fused-ring (bicyclic) bond motifs is 1. The number of nitrogen functional groups attached to an aromatic ring is 1. The van der Waals surface area contributed by atoms with E-state index in [1.54, 1.807) is 0 Å². The third kappa shape index (κ3) is 3.46. The van der Waals surface area contributed by atoms with Gasteiger partial charge in [-0.2, -0.15) is 0 Å². The van der Waals surface area contributed by atoms with Crippen molar-refractivity contribution < 1.29 is 5.11 Å². The van der Waals surface area contributed by atoms with Gasteiger partial charge in [0.1, 0.15) is 11.8 Å². The van der Waals surface area contributed by atoms with Gasteiger partial charge in [-0.15, -0.1) is 0 Å². The topological polar surface area (TPSA) is 91.1 Å². The molecule has 0 atom stereocenters. The molecule has 2 aromatic rings. The van der Waals surface area contributed by atoms with E-state index in [2.05, 4.69) is 21.9 Å². The molecular weight excluding hydrogens is 254 g/mol. The van der Waals surface area contributed by atoms with Crippen molar-refractivity contribution in [3.05, 3.63) is 18.1 Å². The van der Waals surface area contributed by atoms with Crippen LogP contribution in [0.1, 0.15) is 38.2 Å². The Morgan fingerprint density at radius 3 is 2.90 bits per heavy atom. The standard InChI is InChI=1S/C14H23N5O/c1-2-3-4-5-6-19(10-20)8-11-7-16-13-12(11)17-9-18-14(13)15/h7,9,16,20H,2-6,8,10H2,1H3,(H2,15,17,18). The Balaban J connectivity index is 2.00. The number of anilines is 1. The van der Waals surface area contributed by atoms with Crippen molar-refractivity contribution in [2.45, 2.75) is 39.2 Å². The Hall–Kier alpha value is -1.66. The van der Waals surface area contributed by atoms with Crippen LogP contribution in [0, 0.1) is 0 Å². The van der Waals surface area contributed by atoms with E-state index in [0.29, 0.717) is 12.4 Å². The second kappa shape index (κ2) is 7.21. The molecule has 6 heteroatoms. The normalized spacial score (nSPS) is 11.6. The molecule has 110 valence electrons. The van der Waals surface area contributed by atoms with Crippen LogP contribution < -0.4 is 5.73 Å².